The maximum absolute atomic E-state index is 11.7. The highest BCUT2D eigenvalue weighted by atomic mass is 16.2. The molecule has 3 N–H and O–H groups in total. The van der Waals surface area contributed by atoms with E-state index < -0.39 is 0 Å². The van der Waals surface area contributed by atoms with Crippen LogP contribution in [0.25, 0.3) is 0 Å². The van der Waals surface area contributed by atoms with Crippen LogP contribution in [0.3, 0.4) is 0 Å². The molecule has 1 aliphatic carbocycles. The number of rotatable bonds is 5. The Bertz CT molecular complexity index is 257. The van der Waals surface area contributed by atoms with Crippen LogP contribution in [0.15, 0.2) is 0 Å². The SMILES string of the molecule is CCCC(N)C(=O)NCC1C(C)(C)C1(C)C. The third kappa shape index (κ3) is 2.24. The molecule has 3 nitrogen and oxygen atoms in total. The van der Waals surface area contributed by atoms with Gasteiger partial charge in [0.1, 0.15) is 0 Å². The van der Waals surface area contributed by atoms with E-state index in [0.29, 0.717) is 16.7 Å². The third-order valence-corrected chi connectivity index (χ3v) is 4.74. The molecule has 0 aromatic rings. The van der Waals surface area contributed by atoms with E-state index in [1.54, 1.807) is 0 Å². The van der Waals surface area contributed by atoms with Crippen LogP contribution in [0.4, 0.5) is 0 Å². The first-order chi connectivity index (χ1) is 7.25. The Morgan fingerprint density at radius 2 is 1.81 bits per heavy atom. The summed E-state index contributed by atoms with van der Waals surface area (Å²) >= 11 is 0. The van der Waals surface area contributed by atoms with E-state index in [0.717, 1.165) is 19.4 Å². The van der Waals surface area contributed by atoms with Crippen LogP contribution < -0.4 is 11.1 Å². The zero-order valence-electron chi connectivity index (χ0n) is 11.3. The van der Waals surface area contributed by atoms with Gasteiger partial charge < -0.3 is 11.1 Å². The van der Waals surface area contributed by atoms with Gasteiger partial charge in [-0.3, -0.25) is 4.79 Å². The number of hydrogen-bond donors (Lipinski definition) is 2. The quantitative estimate of drug-likeness (QED) is 0.752. The highest BCUT2D eigenvalue weighted by Crippen LogP contribution is 2.67. The molecule has 0 aromatic heterocycles. The van der Waals surface area contributed by atoms with Crippen LogP contribution >= 0.6 is 0 Å². The maximum Gasteiger partial charge on any atom is 0.236 e. The first-order valence-electron chi connectivity index (χ1n) is 6.28. The molecule has 1 atom stereocenters. The van der Waals surface area contributed by atoms with Crippen molar-refractivity contribution < 1.29 is 4.79 Å². The minimum absolute atomic E-state index is 0.000324. The van der Waals surface area contributed by atoms with Gasteiger partial charge in [0, 0.05) is 6.54 Å². The van der Waals surface area contributed by atoms with Crippen molar-refractivity contribution in [3.8, 4) is 0 Å². The summed E-state index contributed by atoms with van der Waals surface area (Å²) in [6, 6.07) is -0.338. The average Bonchev–Trinajstić information content (AvgIpc) is 2.55. The predicted octanol–water partition coefficient (Wildman–Crippen LogP) is 1.91. The van der Waals surface area contributed by atoms with Crippen molar-refractivity contribution in [1.29, 1.82) is 0 Å². The highest BCUT2D eigenvalue weighted by molar-refractivity contribution is 5.81. The molecule has 1 saturated carbocycles. The van der Waals surface area contributed by atoms with Gasteiger partial charge in [0.05, 0.1) is 6.04 Å². The van der Waals surface area contributed by atoms with Gasteiger partial charge in [-0.15, -0.1) is 0 Å². The van der Waals surface area contributed by atoms with Gasteiger partial charge in [-0.05, 0) is 23.2 Å². The number of carbonyl (C=O) groups is 1. The Kier molecular flexibility index (Phi) is 3.68. The lowest BCUT2D eigenvalue weighted by molar-refractivity contribution is -0.122. The summed E-state index contributed by atoms with van der Waals surface area (Å²) in [4.78, 5) is 11.7. The van der Waals surface area contributed by atoms with E-state index in [2.05, 4.69) is 33.0 Å². The Hall–Kier alpha value is -0.570. The molecule has 16 heavy (non-hydrogen) atoms. The second-order valence-electron chi connectivity index (χ2n) is 6.14. The van der Waals surface area contributed by atoms with Gasteiger partial charge in [0.25, 0.3) is 0 Å². The molecule has 0 aromatic carbocycles. The first kappa shape index (κ1) is 13.5. The molecule has 94 valence electrons. The van der Waals surface area contributed by atoms with E-state index in [4.69, 9.17) is 5.73 Å². The summed E-state index contributed by atoms with van der Waals surface area (Å²) in [5.74, 6) is 0.568. The molecular formula is C13H26N2O. The van der Waals surface area contributed by atoms with Crippen molar-refractivity contribution >= 4 is 5.91 Å². The Balaban J connectivity index is 2.35. The largest absolute Gasteiger partial charge is 0.354 e. The van der Waals surface area contributed by atoms with Gasteiger partial charge in [-0.2, -0.15) is 0 Å². The zero-order valence-corrected chi connectivity index (χ0v) is 11.3. The molecule has 0 bridgehead atoms. The molecule has 1 aliphatic rings. The molecule has 1 fully saturated rings. The average molecular weight is 226 g/mol. The summed E-state index contributed by atoms with van der Waals surface area (Å²) in [6.07, 6.45) is 1.72. The van der Waals surface area contributed by atoms with Gasteiger partial charge >= 0.3 is 0 Å². The molecule has 0 saturated heterocycles. The molecule has 0 heterocycles. The van der Waals surface area contributed by atoms with E-state index >= 15 is 0 Å². The standard InChI is InChI=1S/C13H26N2O/c1-6-7-9(14)11(16)15-8-10-12(2,3)13(10,4)5/h9-10H,6-8,14H2,1-5H3,(H,15,16). The normalized spacial score (nSPS) is 23.9. The maximum atomic E-state index is 11.7. The highest BCUT2D eigenvalue weighted by Gasteiger charge is 2.64. The minimum atomic E-state index is -0.338. The van der Waals surface area contributed by atoms with Crippen molar-refractivity contribution in [2.45, 2.75) is 53.5 Å². The van der Waals surface area contributed by atoms with Crippen molar-refractivity contribution in [2.24, 2.45) is 22.5 Å². The minimum Gasteiger partial charge on any atom is -0.354 e. The Morgan fingerprint density at radius 1 is 1.31 bits per heavy atom. The van der Waals surface area contributed by atoms with Gasteiger partial charge in [-0.1, -0.05) is 41.0 Å². The van der Waals surface area contributed by atoms with E-state index in [1.165, 1.54) is 0 Å². The van der Waals surface area contributed by atoms with E-state index in [-0.39, 0.29) is 11.9 Å². The lowest BCUT2D eigenvalue weighted by atomic mass is 10.0. The molecular weight excluding hydrogens is 200 g/mol. The van der Waals surface area contributed by atoms with Gasteiger partial charge in [-0.25, -0.2) is 0 Å². The predicted molar refractivity (Wildman–Crippen MR) is 66.9 cm³/mol. The molecule has 1 rings (SSSR count). The fourth-order valence-electron chi connectivity index (χ4n) is 2.62. The van der Waals surface area contributed by atoms with Crippen molar-refractivity contribution in [3.63, 3.8) is 0 Å². The lowest BCUT2D eigenvalue weighted by Gasteiger charge is -2.11. The number of nitrogens with one attached hydrogen (secondary N) is 1. The Labute approximate surface area is 99.2 Å². The molecule has 0 radical (unpaired) electrons. The van der Waals surface area contributed by atoms with Gasteiger partial charge in [0.2, 0.25) is 5.91 Å². The van der Waals surface area contributed by atoms with Crippen LogP contribution in [0, 0.1) is 16.7 Å². The van der Waals surface area contributed by atoms with Crippen LogP contribution in [-0.4, -0.2) is 18.5 Å². The van der Waals surface area contributed by atoms with Crippen molar-refractivity contribution in [2.75, 3.05) is 6.54 Å². The smallest absolute Gasteiger partial charge is 0.236 e. The molecule has 0 spiro atoms. The summed E-state index contributed by atoms with van der Waals surface area (Å²) in [5, 5.41) is 2.98. The van der Waals surface area contributed by atoms with E-state index in [1.807, 2.05) is 6.92 Å². The zero-order chi connectivity index (χ0) is 12.6. The fraction of sp³-hybridized carbons (Fsp3) is 0.923. The summed E-state index contributed by atoms with van der Waals surface area (Å²) in [7, 11) is 0. The second-order valence-corrected chi connectivity index (χ2v) is 6.14. The van der Waals surface area contributed by atoms with Gasteiger partial charge in [0.15, 0.2) is 0 Å². The second kappa shape index (κ2) is 4.36. The first-order valence-corrected chi connectivity index (χ1v) is 6.28. The van der Waals surface area contributed by atoms with Crippen LogP contribution in [-0.2, 0) is 4.79 Å². The summed E-state index contributed by atoms with van der Waals surface area (Å²) in [6.45, 7) is 11.8. The molecule has 3 heteroatoms. The van der Waals surface area contributed by atoms with E-state index in [9.17, 15) is 4.79 Å². The summed E-state index contributed by atoms with van der Waals surface area (Å²) in [5.41, 5.74) is 6.41. The lowest BCUT2D eigenvalue weighted by Crippen LogP contribution is -2.41. The van der Waals surface area contributed by atoms with Crippen LogP contribution in [0.1, 0.15) is 47.5 Å². The Morgan fingerprint density at radius 3 is 2.19 bits per heavy atom. The third-order valence-electron chi connectivity index (χ3n) is 4.74. The summed E-state index contributed by atoms with van der Waals surface area (Å²) < 4.78 is 0. The topological polar surface area (TPSA) is 55.1 Å². The monoisotopic (exact) mass is 226 g/mol. The molecule has 1 amide bonds. The number of amides is 1. The number of hydrogen-bond acceptors (Lipinski definition) is 2. The number of nitrogens with two attached hydrogens (primary N) is 1. The molecule has 1 unspecified atom stereocenters. The fourth-order valence-corrected chi connectivity index (χ4v) is 2.62. The number of carbonyl (C=O) groups excluding carboxylic acids is 1. The van der Waals surface area contributed by atoms with Crippen LogP contribution in [0.5, 0.6) is 0 Å². The van der Waals surface area contributed by atoms with Crippen molar-refractivity contribution in [1.82, 2.24) is 5.32 Å². The van der Waals surface area contributed by atoms with Crippen molar-refractivity contribution in [3.05, 3.63) is 0 Å². The molecule has 0 aliphatic heterocycles. The van der Waals surface area contributed by atoms with Crippen LogP contribution in [0.2, 0.25) is 0 Å².